The smallest absolute Gasteiger partial charge is 0.121 e. The van der Waals surface area contributed by atoms with E-state index in [-0.39, 0.29) is 0 Å². The summed E-state index contributed by atoms with van der Waals surface area (Å²) in [5.74, 6) is 0.308. The molecular formula is C14H20ClNO. The van der Waals surface area contributed by atoms with Crippen LogP contribution in [0, 0.1) is 5.41 Å². The number of aromatic hydroxyl groups is 1. The Morgan fingerprint density at radius 1 is 1.29 bits per heavy atom. The lowest BCUT2D eigenvalue weighted by Gasteiger charge is -2.37. The summed E-state index contributed by atoms with van der Waals surface area (Å²) in [5, 5.41) is 10.5. The van der Waals surface area contributed by atoms with Gasteiger partial charge in [0.25, 0.3) is 0 Å². The molecule has 1 saturated heterocycles. The molecule has 3 heteroatoms. The molecule has 1 fully saturated rings. The van der Waals surface area contributed by atoms with Crippen LogP contribution in [0.4, 0.5) is 0 Å². The van der Waals surface area contributed by atoms with Crippen LogP contribution in [-0.4, -0.2) is 23.1 Å². The first-order valence-electron chi connectivity index (χ1n) is 6.17. The number of benzene rings is 1. The standard InChI is InChI=1S/C14H20ClNO/c1-14(2)6-8-16(9-7-14)10-11-12(15)4-3-5-13(11)17/h3-5,17H,6-10H2,1-2H3. The molecule has 1 heterocycles. The van der Waals surface area contributed by atoms with Crippen LogP contribution < -0.4 is 0 Å². The molecule has 1 N–H and O–H groups in total. The first-order valence-corrected chi connectivity index (χ1v) is 6.54. The van der Waals surface area contributed by atoms with Gasteiger partial charge in [-0.05, 0) is 43.5 Å². The molecule has 0 spiro atoms. The molecule has 0 radical (unpaired) electrons. The van der Waals surface area contributed by atoms with Crippen LogP contribution in [-0.2, 0) is 6.54 Å². The minimum Gasteiger partial charge on any atom is -0.508 e. The monoisotopic (exact) mass is 253 g/mol. The lowest BCUT2D eigenvalue weighted by Crippen LogP contribution is -2.36. The summed E-state index contributed by atoms with van der Waals surface area (Å²) in [7, 11) is 0. The molecule has 0 atom stereocenters. The fourth-order valence-corrected chi connectivity index (χ4v) is 2.47. The molecule has 0 aromatic heterocycles. The van der Waals surface area contributed by atoms with Crippen molar-refractivity contribution >= 4 is 11.6 Å². The van der Waals surface area contributed by atoms with Crippen molar-refractivity contribution in [1.82, 2.24) is 4.90 Å². The Balaban J connectivity index is 2.03. The van der Waals surface area contributed by atoms with Crippen LogP contribution in [0.2, 0.25) is 5.02 Å². The number of phenolic OH excluding ortho intramolecular Hbond substituents is 1. The minimum absolute atomic E-state index is 0.308. The summed E-state index contributed by atoms with van der Waals surface area (Å²) in [6, 6.07) is 5.32. The van der Waals surface area contributed by atoms with Crippen LogP contribution in [0.15, 0.2) is 18.2 Å². The lowest BCUT2D eigenvalue weighted by atomic mass is 9.82. The average molecular weight is 254 g/mol. The first-order chi connectivity index (χ1) is 7.98. The second-order valence-electron chi connectivity index (χ2n) is 5.68. The van der Waals surface area contributed by atoms with Gasteiger partial charge in [-0.2, -0.15) is 0 Å². The molecule has 0 unspecified atom stereocenters. The van der Waals surface area contributed by atoms with Gasteiger partial charge in [-0.1, -0.05) is 31.5 Å². The van der Waals surface area contributed by atoms with Crippen molar-refractivity contribution < 1.29 is 5.11 Å². The lowest BCUT2D eigenvalue weighted by molar-refractivity contribution is 0.126. The molecule has 1 aromatic rings. The van der Waals surface area contributed by atoms with Gasteiger partial charge in [0.2, 0.25) is 0 Å². The summed E-state index contributed by atoms with van der Waals surface area (Å²) in [5.41, 5.74) is 1.31. The van der Waals surface area contributed by atoms with Gasteiger partial charge in [-0.15, -0.1) is 0 Å². The number of halogens is 1. The number of hydrogen-bond acceptors (Lipinski definition) is 2. The van der Waals surface area contributed by atoms with Crippen molar-refractivity contribution in [2.24, 2.45) is 5.41 Å². The zero-order valence-electron chi connectivity index (χ0n) is 10.5. The molecule has 0 amide bonds. The molecule has 2 rings (SSSR count). The zero-order chi connectivity index (χ0) is 12.5. The highest BCUT2D eigenvalue weighted by molar-refractivity contribution is 6.31. The average Bonchev–Trinajstić information content (AvgIpc) is 2.26. The summed E-state index contributed by atoms with van der Waals surface area (Å²) in [4.78, 5) is 2.37. The Labute approximate surface area is 108 Å². The van der Waals surface area contributed by atoms with Crippen molar-refractivity contribution in [1.29, 1.82) is 0 Å². The maximum atomic E-state index is 9.81. The van der Waals surface area contributed by atoms with Crippen LogP contribution in [0.5, 0.6) is 5.75 Å². The summed E-state index contributed by atoms with van der Waals surface area (Å²) >= 11 is 6.12. The van der Waals surface area contributed by atoms with Crippen LogP contribution in [0.3, 0.4) is 0 Å². The van der Waals surface area contributed by atoms with Gasteiger partial charge in [-0.25, -0.2) is 0 Å². The Bertz CT molecular complexity index is 373. The van der Waals surface area contributed by atoms with Gasteiger partial charge in [0.15, 0.2) is 0 Å². The third-order valence-corrected chi connectivity index (χ3v) is 4.04. The molecule has 1 aliphatic heterocycles. The van der Waals surface area contributed by atoms with E-state index >= 15 is 0 Å². The van der Waals surface area contributed by atoms with Gasteiger partial charge >= 0.3 is 0 Å². The first kappa shape index (κ1) is 12.7. The normalized spacial score (nSPS) is 20.4. The van der Waals surface area contributed by atoms with E-state index in [2.05, 4.69) is 18.7 Å². The molecule has 1 aliphatic rings. The van der Waals surface area contributed by atoms with E-state index in [1.165, 1.54) is 12.8 Å². The van der Waals surface area contributed by atoms with E-state index in [1.54, 1.807) is 12.1 Å². The maximum Gasteiger partial charge on any atom is 0.121 e. The van der Waals surface area contributed by atoms with Crippen molar-refractivity contribution in [3.05, 3.63) is 28.8 Å². The van der Waals surface area contributed by atoms with Crippen molar-refractivity contribution in [3.8, 4) is 5.75 Å². The van der Waals surface area contributed by atoms with E-state index in [0.29, 0.717) is 16.2 Å². The van der Waals surface area contributed by atoms with Gasteiger partial charge in [0.05, 0.1) is 0 Å². The Hall–Kier alpha value is -0.730. The molecule has 2 nitrogen and oxygen atoms in total. The quantitative estimate of drug-likeness (QED) is 0.869. The van der Waals surface area contributed by atoms with Crippen LogP contribution in [0.1, 0.15) is 32.3 Å². The number of rotatable bonds is 2. The Morgan fingerprint density at radius 2 is 1.94 bits per heavy atom. The predicted octanol–water partition coefficient (Wildman–Crippen LogP) is 3.67. The second-order valence-corrected chi connectivity index (χ2v) is 6.09. The Kier molecular flexibility index (Phi) is 3.64. The predicted molar refractivity (Wildman–Crippen MR) is 71.4 cm³/mol. The molecule has 0 aliphatic carbocycles. The van der Waals surface area contributed by atoms with Gasteiger partial charge in [0, 0.05) is 17.1 Å². The highest BCUT2D eigenvalue weighted by Gasteiger charge is 2.25. The summed E-state index contributed by atoms with van der Waals surface area (Å²) in [6.45, 7) is 7.55. The second kappa shape index (κ2) is 4.87. The SMILES string of the molecule is CC1(C)CCN(Cc2c(O)cccc2Cl)CC1. The number of phenols is 1. The maximum absolute atomic E-state index is 9.81. The van der Waals surface area contributed by atoms with E-state index in [0.717, 1.165) is 25.2 Å². The zero-order valence-corrected chi connectivity index (χ0v) is 11.3. The number of hydrogen-bond donors (Lipinski definition) is 1. The third-order valence-electron chi connectivity index (χ3n) is 3.69. The van der Waals surface area contributed by atoms with E-state index in [1.807, 2.05) is 6.07 Å². The van der Waals surface area contributed by atoms with E-state index in [9.17, 15) is 5.11 Å². The van der Waals surface area contributed by atoms with Crippen molar-refractivity contribution in [3.63, 3.8) is 0 Å². The molecule has 0 bridgehead atoms. The number of nitrogens with zero attached hydrogens (tertiary/aromatic N) is 1. The fraction of sp³-hybridized carbons (Fsp3) is 0.571. The van der Waals surface area contributed by atoms with Crippen molar-refractivity contribution in [2.75, 3.05) is 13.1 Å². The third kappa shape index (κ3) is 3.14. The van der Waals surface area contributed by atoms with Crippen LogP contribution in [0.25, 0.3) is 0 Å². The highest BCUT2D eigenvalue weighted by Crippen LogP contribution is 2.32. The van der Waals surface area contributed by atoms with Gasteiger partial charge < -0.3 is 5.11 Å². The van der Waals surface area contributed by atoms with E-state index < -0.39 is 0 Å². The molecule has 1 aromatic carbocycles. The molecule has 17 heavy (non-hydrogen) atoms. The topological polar surface area (TPSA) is 23.5 Å². The van der Waals surface area contributed by atoms with Crippen LogP contribution >= 0.6 is 11.6 Å². The highest BCUT2D eigenvalue weighted by atomic mass is 35.5. The number of likely N-dealkylation sites (tertiary alicyclic amines) is 1. The molecular weight excluding hydrogens is 234 g/mol. The Morgan fingerprint density at radius 3 is 2.53 bits per heavy atom. The minimum atomic E-state index is 0.308. The number of piperidine rings is 1. The largest absolute Gasteiger partial charge is 0.508 e. The van der Waals surface area contributed by atoms with Crippen molar-refractivity contribution in [2.45, 2.75) is 33.2 Å². The molecule has 0 saturated carbocycles. The molecule has 94 valence electrons. The fourth-order valence-electron chi connectivity index (χ4n) is 2.24. The summed E-state index contributed by atoms with van der Waals surface area (Å²) in [6.07, 6.45) is 2.41. The van der Waals surface area contributed by atoms with E-state index in [4.69, 9.17) is 11.6 Å². The summed E-state index contributed by atoms with van der Waals surface area (Å²) < 4.78 is 0. The van der Waals surface area contributed by atoms with Gasteiger partial charge in [0.1, 0.15) is 5.75 Å². The van der Waals surface area contributed by atoms with Gasteiger partial charge in [-0.3, -0.25) is 4.90 Å².